The van der Waals surface area contributed by atoms with E-state index in [0.717, 1.165) is 13.2 Å². The zero-order valence-corrected chi connectivity index (χ0v) is 10.1. The van der Waals surface area contributed by atoms with Crippen molar-refractivity contribution in [1.82, 2.24) is 5.32 Å². The van der Waals surface area contributed by atoms with Crippen molar-refractivity contribution in [3.8, 4) is 0 Å². The normalized spacial score (nSPS) is 17.1. The van der Waals surface area contributed by atoms with Crippen LogP contribution in [-0.2, 0) is 14.3 Å². The van der Waals surface area contributed by atoms with Crippen LogP contribution in [0.25, 0.3) is 0 Å². The fourth-order valence-corrected chi connectivity index (χ4v) is 0.791. The molecule has 0 radical (unpaired) electrons. The fraction of sp³-hybridized carbons (Fsp3) is 0.583. The fourth-order valence-electron chi connectivity index (χ4n) is 0.791. The summed E-state index contributed by atoms with van der Waals surface area (Å²) >= 11 is 0. The Morgan fingerprint density at radius 1 is 1.62 bits per heavy atom. The second-order valence-corrected chi connectivity index (χ2v) is 3.65. The molecule has 1 unspecified atom stereocenters. The van der Waals surface area contributed by atoms with Gasteiger partial charge in [-0.25, -0.2) is 0 Å². The van der Waals surface area contributed by atoms with E-state index in [9.17, 15) is 4.79 Å². The molecule has 4 heteroatoms. The van der Waals surface area contributed by atoms with Crippen LogP contribution in [0.1, 0.15) is 13.8 Å². The predicted molar refractivity (Wildman–Crippen MR) is 64.2 cm³/mol. The highest BCUT2D eigenvalue weighted by Crippen LogP contribution is 2.07. The predicted octanol–water partition coefficient (Wildman–Crippen LogP) is 1.28. The Morgan fingerprint density at radius 3 is 2.56 bits per heavy atom. The second kappa shape index (κ2) is 9.12. The van der Waals surface area contributed by atoms with Gasteiger partial charge in [0.2, 0.25) is 5.91 Å². The van der Waals surface area contributed by atoms with Crippen LogP contribution in [0.5, 0.6) is 0 Å². The Hall–Kier alpha value is -1.13. The first-order valence-corrected chi connectivity index (χ1v) is 5.33. The number of carbonyl (C=O) groups excluding carboxylic acids is 1. The first kappa shape index (κ1) is 14.9. The van der Waals surface area contributed by atoms with Gasteiger partial charge in [-0.05, 0) is 19.9 Å². The SMILES string of the molecule is C=CC(=O)NC(C)C.C=CCOCC1CO1. The van der Waals surface area contributed by atoms with Gasteiger partial charge in [0, 0.05) is 6.04 Å². The molecule has 0 bridgehead atoms. The number of epoxide rings is 1. The van der Waals surface area contributed by atoms with Crippen molar-refractivity contribution in [3.63, 3.8) is 0 Å². The smallest absolute Gasteiger partial charge is 0.243 e. The van der Waals surface area contributed by atoms with E-state index in [-0.39, 0.29) is 11.9 Å². The molecule has 0 saturated carbocycles. The highest BCUT2D eigenvalue weighted by molar-refractivity contribution is 5.86. The van der Waals surface area contributed by atoms with Crippen LogP contribution in [0.2, 0.25) is 0 Å². The van der Waals surface area contributed by atoms with Crippen LogP contribution >= 0.6 is 0 Å². The summed E-state index contributed by atoms with van der Waals surface area (Å²) in [5.74, 6) is -0.111. The molecule has 0 aromatic heterocycles. The molecule has 16 heavy (non-hydrogen) atoms. The Balaban J connectivity index is 0.000000281. The highest BCUT2D eigenvalue weighted by Gasteiger charge is 2.21. The summed E-state index contributed by atoms with van der Waals surface area (Å²) in [7, 11) is 0. The lowest BCUT2D eigenvalue weighted by molar-refractivity contribution is -0.116. The van der Waals surface area contributed by atoms with Crippen molar-refractivity contribution in [2.45, 2.75) is 26.0 Å². The van der Waals surface area contributed by atoms with E-state index in [4.69, 9.17) is 9.47 Å². The number of hydrogen-bond acceptors (Lipinski definition) is 3. The maximum absolute atomic E-state index is 10.4. The molecule has 0 spiro atoms. The van der Waals surface area contributed by atoms with Crippen LogP contribution < -0.4 is 5.32 Å². The Labute approximate surface area is 97.3 Å². The largest absolute Gasteiger partial charge is 0.375 e. The van der Waals surface area contributed by atoms with E-state index in [1.165, 1.54) is 6.08 Å². The molecule has 1 saturated heterocycles. The number of amides is 1. The third kappa shape index (κ3) is 10.9. The van der Waals surface area contributed by atoms with E-state index >= 15 is 0 Å². The van der Waals surface area contributed by atoms with Gasteiger partial charge in [0.25, 0.3) is 0 Å². The maximum atomic E-state index is 10.4. The first-order chi connectivity index (χ1) is 7.60. The lowest BCUT2D eigenvalue weighted by Gasteiger charge is -2.02. The van der Waals surface area contributed by atoms with Crippen molar-refractivity contribution >= 4 is 5.91 Å². The van der Waals surface area contributed by atoms with Crippen molar-refractivity contribution in [1.29, 1.82) is 0 Å². The van der Waals surface area contributed by atoms with Gasteiger partial charge in [-0.1, -0.05) is 12.7 Å². The molecule has 1 amide bonds. The first-order valence-electron chi connectivity index (χ1n) is 5.33. The van der Waals surface area contributed by atoms with Gasteiger partial charge in [-0.15, -0.1) is 6.58 Å². The van der Waals surface area contributed by atoms with Gasteiger partial charge in [0.1, 0.15) is 6.10 Å². The van der Waals surface area contributed by atoms with Gasteiger partial charge in [-0.2, -0.15) is 0 Å². The van der Waals surface area contributed by atoms with E-state index < -0.39 is 0 Å². The molecule has 0 aromatic carbocycles. The summed E-state index contributed by atoms with van der Waals surface area (Å²) in [6, 6.07) is 0.209. The highest BCUT2D eigenvalue weighted by atomic mass is 16.6. The minimum Gasteiger partial charge on any atom is -0.375 e. The Morgan fingerprint density at radius 2 is 2.25 bits per heavy atom. The quantitative estimate of drug-likeness (QED) is 0.322. The molecule has 0 aromatic rings. The number of carbonyl (C=O) groups is 1. The third-order valence-corrected chi connectivity index (χ3v) is 1.56. The number of hydrogen-bond donors (Lipinski definition) is 1. The molecule has 1 atom stereocenters. The second-order valence-electron chi connectivity index (χ2n) is 3.65. The lowest BCUT2D eigenvalue weighted by Crippen LogP contribution is -2.27. The van der Waals surface area contributed by atoms with Crippen molar-refractivity contribution in [2.24, 2.45) is 0 Å². The summed E-state index contributed by atoms with van der Waals surface area (Å²) in [6.07, 6.45) is 3.39. The van der Waals surface area contributed by atoms with Crippen LogP contribution in [0.4, 0.5) is 0 Å². The van der Waals surface area contributed by atoms with Crippen LogP contribution in [0.15, 0.2) is 25.3 Å². The number of nitrogens with one attached hydrogen (secondary N) is 1. The van der Waals surface area contributed by atoms with Gasteiger partial charge in [0.15, 0.2) is 0 Å². The average Bonchev–Trinajstić information content (AvgIpc) is 3.02. The summed E-state index contributed by atoms with van der Waals surface area (Å²) in [5.41, 5.74) is 0. The molecule has 0 aliphatic carbocycles. The molecule has 92 valence electrons. The lowest BCUT2D eigenvalue weighted by atomic mass is 10.4. The topological polar surface area (TPSA) is 50.9 Å². The van der Waals surface area contributed by atoms with Gasteiger partial charge >= 0.3 is 0 Å². The maximum Gasteiger partial charge on any atom is 0.243 e. The molecule has 1 heterocycles. The Kier molecular flexibility index (Phi) is 8.48. The van der Waals surface area contributed by atoms with Gasteiger partial charge < -0.3 is 14.8 Å². The molecule has 1 rings (SSSR count). The minimum absolute atomic E-state index is 0.111. The molecule has 1 aliphatic heterocycles. The Bertz CT molecular complexity index is 222. The van der Waals surface area contributed by atoms with E-state index in [1.807, 2.05) is 13.8 Å². The van der Waals surface area contributed by atoms with Crippen molar-refractivity contribution in [2.75, 3.05) is 19.8 Å². The monoisotopic (exact) mass is 227 g/mol. The summed E-state index contributed by atoms with van der Waals surface area (Å²) in [6.45, 7) is 12.9. The van der Waals surface area contributed by atoms with E-state index in [2.05, 4.69) is 18.5 Å². The van der Waals surface area contributed by atoms with E-state index in [1.54, 1.807) is 6.08 Å². The number of ether oxygens (including phenoxy) is 2. The number of rotatable bonds is 6. The van der Waals surface area contributed by atoms with Crippen molar-refractivity contribution < 1.29 is 14.3 Å². The van der Waals surface area contributed by atoms with Crippen LogP contribution in [0, 0.1) is 0 Å². The molecular formula is C12H21NO3. The zero-order chi connectivity index (χ0) is 12.4. The molecule has 4 nitrogen and oxygen atoms in total. The zero-order valence-electron chi connectivity index (χ0n) is 10.1. The molecular weight excluding hydrogens is 206 g/mol. The summed E-state index contributed by atoms with van der Waals surface area (Å²) in [4.78, 5) is 10.4. The molecule has 1 N–H and O–H groups in total. The average molecular weight is 227 g/mol. The summed E-state index contributed by atoms with van der Waals surface area (Å²) < 4.78 is 9.96. The summed E-state index contributed by atoms with van der Waals surface area (Å²) in [5, 5.41) is 2.64. The minimum atomic E-state index is -0.111. The van der Waals surface area contributed by atoms with Crippen LogP contribution in [-0.4, -0.2) is 37.9 Å². The van der Waals surface area contributed by atoms with Crippen LogP contribution in [0.3, 0.4) is 0 Å². The van der Waals surface area contributed by atoms with Crippen molar-refractivity contribution in [3.05, 3.63) is 25.3 Å². The standard InChI is InChI=1S/C6H11NO.C6H10O2/c1-4-6(8)7-5(2)3;1-2-3-7-4-6-5-8-6/h4-5H,1H2,2-3H3,(H,7,8);2,6H,1,3-5H2. The van der Waals surface area contributed by atoms with Gasteiger partial charge in [0.05, 0.1) is 19.8 Å². The van der Waals surface area contributed by atoms with E-state index in [0.29, 0.717) is 12.7 Å². The molecule has 1 aliphatic rings. The molecule has 1 fully saturated rings. The van der Waals surface area contributed by atoms with Gasteiger partial charge in [-0.3, -0.25) is 4.79 Å². The third-order valence-electron chi connectivity index (χ3n) is 1.56.